The Bertz CT molecular complexity index is 130. The minimum atomic E-state index is 0.358. The number of rotatable bonds is 5. The van der Waals surface area contributed by atoms with Crippen LogP contribution in [-0.4, -0.2) is 24.3 Å². The molecule has 0 aliphatic heterocycles. The lowest BCUT2D eigenvalue weighted by molar-refractivity contribution is 0.451. The van der Waals surface area contributed by atoms with Crippen molar-refractivity contribution >= 4 is 5.84 Å². The van der Waals surface area contributed by atoms with Crippen LogP contribution in [0.1, 0.15) is 40.0 Å². The van der Waals surface area contributed by atoms with Crippen LogP contribution in [-0.2, 0) is 0 Å². The van der Waals surface area contributed by atoms with Gasteiger partial charge in [0, 0.05) is 19.5 Å². The zero-order chi connectivity index (χ0) is 9.56. The molecule has 0 bridgehead atoms. The molecule has 0 aromatic rings. The Labute approximate surface area is 76.5 Å². The first-order valence-electron chi connectivity index (χ1n) is 4.89. The topological polar surface area (TPSA) is 27.1 Å². The van der Waals surface area contributed by atoms with Crippen molar-refractivity contribution in [1.29, 1.82) is 5.41 Å². The fourth-order valence-electron chi connectivity index (χ4n) is 1.16. The van der Waals surface area contributed by atoms with Crippen LogP contribution in [0.15, 0.2) is 0 Å². The molecule has 1 N–H and O–H groups in total. The summed E-state index contributed by atoms with van der Waals surface area (Å²) in [5, 5.41) is 7.71. The van der Waals surface area contributed by atoms with E-state index >= 15 is 0 Å². The quantitative estimate of drug-likeness (QED) is 0.383. The fraction of sp³-hybridized carbons (Fsp3) is 0.900. The van der Waals surface area contributed by atoms with Crippen molar-refractivity contribution in [3.05, 3.63) is 0 Å². The summed E-state index contributed by atoms with van der Waals surface area (Å²) >= 11 is 0. The predicted octanol–water partition coefficient (Wildman–Crippen LogP) is 2.74. The van der Waals surface area contributed by atoms with Crippen molar-refractivity contribution in [2.75, 3.05) is 13.6 Å². The molecule has 2 nitrogen and oxygen atoms in total. The van der Waals surface area contributed by atoms with Crippen LogP contribution in [0.4, 0.5) is 0 Å². The third-order valence-electron chi connectivity index (χ3n) is 2.06. The highest BCUT2D eigenvalue weighted by atomic mass is 15.1. The summed E-state index contributed by atoms with van der Waals surface area (Å²) < 4.78 is 0. The van der Waals surface area contributed by atoms with Gasteiger partial charge in [-0.25, -0.2) is 0 Å². The molecule has 0 aromatic carbocycles. The third kappa shape index (κ3) is 4.37. The largest absolute Gasteiger partial charge is 0.363 e. The van der Waals surface area contributed by atoms with E-state index in [1.54, 1.807) is 0 Å². The maximum atomic E-state index is 7.71. The first kappa shape index (κ1) is 11.5. The lowest BCUT2D eigenvalue weighted by Gasteiger charge is -2.22. The fourth-order valence-corrected chi connectivity index (χ4v) is 1.16. The van der Waals surface area contributed by atoms with Crippen molar-refractivity contribution in [2.45, 2.75) is 40.0 Å². The van der Waals surface area contributed by atoms with Gasteiger partial charge >= 0.3 is 0 Å². The molecule has 0 unspecified atom stereocenters. The Kier molecular flexibility index (Phi) is 5.77. The molecule has 0 saturated heterocycles. The Hall–Kier alpha value is -0.530. The molecule has 0 saturated carbocycles. The molecule has 0 atom stereocenters. The number of amidine groups is 1. The molecule has 0 amide bonds. The van der Waals surface area contributed by atoms with Gasteiger partial charge in [-0.3, -0.25) is 5.41 Å². The number of nitrogens with one attached hydrogen (secondary N) is 1. The van der Waals surface area contributed by atoms with E-state index in [0.29, 0.717) is 5.92 Å². The average Bonchev–Trinajstić information content (AvgIpc) is 2.03. The Morgan fingerprint density at radius 3 is 2.33 bits per heavy atom. The van der Waals surface area contributed by atoms with Crippen LogP contribution in [0, 0.1) is 11.3 Å². The smallest absolute Gasteiger partial charge is 0.0981 e. The van der Waals surface area contributed by atoms with Crippen molar-refractivity contribution in [2.24, 2.45) is 5.92 Å². The normalized spacial score (nSPS) is 10.4. The Balaban J connectivity index is 3.57. The molecule has 0 aliphatic carbocycles. The molecule has 0 aromatic heterocycles. The van der Waals surface area contributed by atoms with Crippen LogP contribution in [0.3, 0.4) is 0 Å². The second-order valence-corrected chi connectivity index (χ2v) is 3.67. The van der Waals surface area contributed by atoms with Crippen molar-refractivity contribution < 1.29 is 0 Å². The van der Waals surface area contributed by atoms with Crippen LogP contribution in [0.5, 0.6) is 0 Å². The minimum absolute atomic E-state index is 0.358. The van der Waals surface area contributed by atoms with Crippen molar-refractivity contribution in [1.82, 2.24) is 4.90 Å². The lowest BCUT2D eigenvalue weighted by Crippen LogP contribution is -2.30. The van der Waals surface area contributed by atoms with Crippen LogP contribution in [0.25, 0.3) is 0 Å². The van der Waals surface area contributed by atoms with Gasteiger partial charge in [0.2, 0.25) is 0 Å². The second-order valence-electron chi connectivity index (χ2n) is 3.67. The van der Waals surface area contributed by atoms with E-state index in [-0.39, 0.29) is 0 Å². The monoisotopic (exact) mass is 170 g/mol. The van der Waals surface area contributed by atoms with Crippen molar-refractivity contribution in [3.63, 3.8) is 0 Å². The van der Waals surface area contributed by atoms with Gasteiger partial charge in [-0.05, 0) is 6.42 Å². The summed E-state index contributed by atoms with van der Waals surface area (Å²) in [6, 6.07) is 0. The molecule has 0 aliphatic rings. The molecule has 2 heteroatoms. The zero-order valence-electron chi connectivity index (χ0n) is 8.85. The molecule has 0 spiro atoms. The molecule has 0 rings (SSSR count). The van der Waals surface area contributed by atoms with Gasteiger partial charge in [0.1, 0.15) is 0 Å². The summed E-state index contributed by atoms with van der Waals surface area (Å²) in [7, 11) is 2.01. The third-order valence-corrected chi connectivity index (χ3v) is 2.06. The Morgan fingerprint density at radius 2 is 1.92 bits per heavy atom. The molecule has 0 heterocycles. The van der Waals surface area contributed by atoms with Gasteiger partial charge < -0.3 is 4.90 Å². The summed E-state index contributed by atoms with van der Waals surface area (Å²) in [4.78, 5) is 2.06. The lowest BCUT2D eigenvalue weighted by atomic mass is 10.1. The zero-order valence-corrected chi connectivity index (χ0v) is 8.85. The van der Waals surface area contributed by atoms with E-state index < -0.39 is 0 Å². The summed E-state index contributed by atoms with van der Waals surface area (Å²) in [5.41, 5.74) is 0. The summed E-state index contributed by atoms with van der Waals surface area (Å²) in [6.07, 6.45) is 3.74. The predicted molar refractivity (Wildman–Crippen MR) is 54.7 cm³/mol. The van der Waals surface area contributed by atoms with E-state index in [1.165, 1.54) is 19.3 Å². The maximum absolute atomic E-state index is 7.71. The standard InChI is InChI=1S/C10H22N2/c1-5-6-7-8-12(4)10(11)9(2)3/h9,11H,5-8H2,1-4H3. The van der Waals surface area contributed by atoms with E-state index in [1.807, 2.05) is 7.05 Å². The van der Waals surface area contributed by atoms with E-state index in [4.69, 9.17) is 5.41 Å². The van der Waals surface area contributed by atoms with E-state index in [2.05, 4.69) is 25.7 Å². The molecule has 0 fully saturated rings. The van der Waals surface area contributed by atoms with E-state index in [9.17, 15) is 0 Å². The molecule has 12 heavy (non-hydrogen) atoms. The van der Waals surface area contributed by atoms with Crippen LogP contribution >= 0.6 is 0 Å². The number of hydrogen-bond donors (Lipinski definition) is 1. The highest BCUT2D eigenvalue weighted by Gasteiger charge is 2.06. The first-order chi connectivity index (χ1) is 5.59. The highest BCUT2D eigenvalue weighted by Crippen LogP contribution is 2.02. The number of nitrogens with zero attached hydrogens (tertiary/aromatic N) is 1. The summed E-state index contributed by atoms with van der Waals surface area (Å²) in [5.74, 6) is 1.11. The highest BCUT2D eigenvalue weighted by molar-refractivity contribution is 5.80. The van der Waals surface area contributed by atoms with Gasteiger partial charge in [0.25, 0.3) is 0 Å². The minimum Gasteiger partial charge on any atom is -0.363 e. The van der Waals surface area contributed by atoms with Gasteiger partial charge in [-0.15, -0.1) is 0 Å². The second kappa shape index (κ2) is 6.04. The SMILES string of the molecule is CCCCCN(C)C(=N)C(C)C. The van der Waals surface area contributed by atoms with Gasteiger partial charge in [0.05, 0.1) is 5.84 Å². The van der Waals surface area contributed by atoms with Gasteiger partial charge in [0.15, 0.2) is 0 Å². The molecular formula is C10H22N2. The number of hydrogen-bond acceptors (Lipinski definition) is 1. The summed E-state index contributed by atoms with van der Waals surface area (Å²) in [6.45, 7) is 7.37. The molecule has 72 valence electrons. The van der Waals surface area contributed by atoms with Gasteiger partial charge in [-0.1, -0.05) is 33.6 Å². The van der Waals surface area contributed by atoms with Crippen molar-refractivity contribution in [3.8, 4) is 0 Å². The van der Waals surface area contributed by atoms with Crippen LogP contribution < -0.4 is 0 Å². The van der Waals surface area contributed by atoms with Crippen LogP contribution in [0.2, 0.25) is 0 Å². The van der Waals surface area contributed by atoms with E-state index in [0.717, 1.165) is 12.4 Å². The number of unbranched alkanes of at least 4 members (excludes halogenated alkanes) is 2. The molecular weight excluding hydrogens is 148 g/mol. The van der Waals surface area contributed by atoms with Gasteiger partial charge in [-0.2, -0.15) is 0 Å². The Morgan fingerprint density at radius 1 is 1.33 bits per heavy atom. The molecule has 0 radical (unpaired) electrons. The maximum Gasteiger partial charge on any atom is 0.0981 e. The first-order valence-corrected chi connectivity index (χ1v) is 4.89. The average molecular weight is 170 g/mol.